The zero-order valence-corrected chi connectivity index (χ0v) is 12.3. The maximum atomic E-state index is 11.0. The summed E-state index contributed by atoms with van der Waals surface area (Å²) in [6.07, 6.45) is 1.71. The van der Waals surface area contributed by atoms with Gasteiger partial charge in [-0.2, -0.15) is 0 Å². The fourth-order valence-corrected chi connectivity index (χ4v) is 1.87. The summed E-state index contributed by atoms with van der Waals surface area (Å²) < 4.78 is 6.45. The Morgan fingerprint density at radius 3 is 2.79 bits per heavy atom. The van der Waals surface area contributed by atoms with E-state index in [1.165, 1.54) is 0 Å². The first-order valence-corrected chi connectivity index (χ1v) is 6.59. The minimum absolute atomic E-state index is 0.0782. The van der Waals surface area contributed by atoms with Crippen molar-refractivity contribution in [1.29, 1.82) is 0 Å². The van der Waals surface area contributed by atoms with Gasteiger partial charge in [0.1, 0.15) is 6.61 Å². The Morgan fingerprint density at radius 2 is 2.11 bits per heavy atom. The maximum absolute atomic E-state index is 11.0. The minimum atomic E-state index is -0.937. The molecule has 0 saturated carbocycles. The van der Waals surface area contributed by atoms with Crippen LogP contribution in [0, 0.1) is 5.41 Å². The van der Waals surface area contributed by atoms with Crippen molar-refractivity contribution in [2.45, 2.75) is 13.8 Å². The first-order chi connectivity index (χ1) is 8.88. The Hall–Kier alpha value is -1.62. The number of carbonyl (C=O) groups is 1. The van der Waals surface area contributed by atoms with Crippen molar-refractivity contribution in [2.24, 2.45) is 5.41 Å². The molecule has 0 aliphatic heterocycles. The molecule has 100 valence electrons. The van der Waals surface area contributed by atoms with Crippen molar-refractivity contribution in [3.8, 4) is 5.88 Å². The summed E-state index contributed by atoms with van der Waals surface area (Å²) in [5, 5.41) is 11.0. The number of carboxylic acids is 1. The van der Waals surface area contributed by atoms with E-state index in [9.17, 15) is 4.79 Å². The summed E-state index contributed by atoms with van der Waals surface area (Å²) in [7, 11) is 0. The summed E-state index contributed by atoms with van der Waals surface area (Å²) in [6, 6.07) is 7.67. The quantitative estimate of drug-likeness (QED) is 0.935. The zero-order valence-electron chi connectivity index (χ0n) is 10.7. The van der Waals surface area contributed by atoms with Crippen molar-refractivity contribution in [3.63, 3.8) is 0 Å². The van der Waals surface area contributed by atoms with Crippen molar-refractivity contribution < 1.29 is 14.6 Å². The molecular weight excluding hydrogens is 310 g/mol. The van der Waals surface area contributed by atoms with Crippen LogP contribution in [0.15, 0.2) is 34.9 Å². The highest BCUT2D eigenvalue weighted by atomic mass is 79.9. The number of hydrogen-bond acceptors (Lipinski definition) is 3. The Bertz CT molecular complexity index is 625. The third-order valence-corrected chi connectivity index (χ3v) is 3.31. The van der Waals surface area contributed by atoms with E-state index in [0.29, 0.717) is 5.88 Å². The molecule has 1 N–H and O–H groups in total. The lowest BCUT2D eigenvalue weighted by Crippen LogP contribution is -2.30. The topological polar surface area (TPSA) is 59.4 Å². The third-order valence-electron chi connectivity index (χ3n) is 2.82. The molecule has 1 aromatic carbocycles. The van der Waals surface area contributed by atoms with E-state index >= 15 is 0 Å². The average molecular weight is 324 g/mol. The van der Waals surface area contributed by atoms with Crippen LogP contribution in [0.3, 0.4) is 0 Å². The van der Waals surface area contributed by atoms with Crippen LogP contribution in [-0.4, -0.2) is 22.7 Å². The molecule has 0 aliphatic rings. The number of benzene rings is 1. The van der Waals surface area contributed by atoms with Crippen LogP contribution >= 0.6 is 15.9 Å². The number of carboxylic acid groups (broad SMARTS) is 1. The SMILES string of the molecule is CC(C)(COc1cc2cc(Br)ccc2cn1)C(=O)O. The van der Waals surface area contributed by atoms with E-state index in [2.05, 4.69) is 20.9 Å². The van der Waals surface area contributed by atoms with Crippen LogP contribution < -0.4 is 4.74 Å². The number of nitrogens with zero attached hydrogens (tertiary/aromatic N) is 1. The van der Waals surface area contributed by atoms with E-state index in [0.717, 1.165) is 15.2 Å². The normalized spacial score (nSPS) is 11.5. The van der Waals surface area contributed by atoms with Gasteiger partial charge in [-0.1, -0.05) is 22.0 Å². The molecule has 0 radical (unpaired) electrons. The smallest absolute Gasteiger partial charge is 0.312 e. The average Bonchev–Trinajstić information content (AvgIpc) is 2.35. The fraction of sp³-hybridized carbons (Fsp3) is 0.286. The highest BCUT2D eigenvalue weighted by Crippen LogP contribution is 2.23. The molecule has 1 aromatic heterocycles. The standard InChI is InChI=1S/C14H14BrNO3/c1-14(2,13(17)18)8-19-12-6-10-5-11(15)4-3-9(10)7-16-12/h3-7H,8H2,1-2H3,(H,17,18). The number of ether oxygens (including phenoxy) is 1. The molecular formula is C14H14BrNO3. The van der Waals surface area contributed by atoms with Crippen LogP contribution in [0.1, 0.15) is 13.8 Å². The number of halogens is 1. The molecule has 0 bridgehead atoms. The van der Waals surface area contributed by atoms with Crippen LogP contribution in [0.5, 0.6) is 5.88 Å². The molecule has 0 amide bonds. The lowest BCUT2D eigenvalue weighted by atomic mass is 9.95. The first kappa shape index (κ1) is 13.8. The predicted octanol–water partition coefficient (Wildman–Crippen LogP) is 3.49. The van der Waals surface area contributed by atoms with E-state index in [1.807, 2.05) is 18.2 Å². The summed E-state index contributed by atoms with van der Waals surface area (Å²) in [5.41, 5.74) is -0.937. The van der Waals surface area contributed by atoms with Gasteiger partial charge in [-0.3, -0.25) is 4.79 Å². The van der Waals surface area contributed by atoms with Gasteiger partial charge in [0.2, 0.25) is 5.88 Å². The van der Waals surface area contributed by atoms with E-state index in [1.54, 1.807) is 26.1 Å². The van der Waals surface area contributed by atoms with Gasteiger partial charge in [-0.05, 0) is 31.4 Å². The first-order valence-electron chi connectivity index (χ1n) is 5.80. The van der Waals surface area contributed by atoms with Gasteiger partial charge in [-0.15, -0.1) is 0 Å². The van der Waals surface area contributed by atoms with E-state index < -0.39 is 11.4 Å². The molecule has 0 atom stereocenters. The lowest BCUT2D eigenvalue weighted by Gasteiger charge is -2.19. The molecule has 1 heterocycles. The van der Waals surface area contributed by atoms with Crippen molar-refractivity contribution in [2.75, 3.05) is 6.61 Å². The number of rotatable bonds is 4. The third kappa shape index (κ3) is 3.23. The summed E-state index contributed by atoms with van der Waals surface area (Å²) in [4.78, 5) is 15.2. The van der Waals surface area contributed by atoms with Crippen LogP contribution in [-0.2, 0) is 4.79 Å². The van der Waals surface area contributed by atoms with E-state index in [4.69, 9.17) is 9.84 Å². The van der Waals surface area contributed by atoms with Gasteiger partial charge in [-0.25, -0.2) is 4.98 Å². The minimum Gasteiger partial charge on any atom is -0.481 e. The van der Waals surface area contributed by atoms with Crippen molar-refractivity contribution >= 4 is 32.7 Å². The molecule has 2 aromatic rings. The summed E-state index contributed by atoms with van der Waals surface area (Å²) in [5.74, 6) is -0.462. The molecule has 0 unspecified atom stereocenters. The lowest BCUT2D eigenvalue weighted by molar-refractivity contribution is -0.148. The van der Waals surface area contributed by atoms with Crippen molar-refractivity contribution in [1.82, 2.24) is 4.98 Å². The number of aliphatic carboxylic acids is 1. The molecule has 0 spiro atoms. The van der Waals surface area contributed by atoms with Crippen molar-refractivity contribution in [3.05, 3.63) is 34.9 Å². The van der Waals surface area contributed by atoms with Gasteiger partial charge >= 0.3 is 5.97 Å². The van der Waals surface area contributed by atoms with Gasteiger partial charge in [0.05, 0.1) is 5.41 Å². The van der Waals surface area contributed by atoms with Crippen LogP contribution in [0.4, 0.5) is 0 Å². The van der Waals surface area contributed by atoms with Gasteiger partial charge < -0.3 is 9.84 Å². The number of hydrogen-bond donors (Lipinski definition) is 1. The second kappa shape index (κ2) is 5.17. The fourth-order valence-electron chi connectivity index (χ4n) is 1.49. The maximum Gasteiger partial charge on any atom is 0.312 e. The molecule has 0 saturated heterocycles. The summed E-state index contributed by atoms with van der Waals surface area (Å²) >= 11 is 3.41. The molecule has 19 heavy (non-hydrogen) atoms. The molecule has 4 nitrogen and oxygen atoms in total. The summed E-state index contributed by atoms with van der Waals surface area (Å²) in [6.45, 7) is 3.31. The monoisotopic (exact) mass is 323 g/mol. The number of pyridine rings is 1. The Balaban J connectivity index is 2.20. The van der Waals surface area contributed by atoms with Crippen LogP contribution in [0.25, 0.3) is 10.8 Å². The van der Waals surface area contributed by atoms with Gasteiger partial charge in [0.15, 0.2) is 0 Å². The predicted molar refractivity (Wildman–Crippen MR) is 76.4 cm³/mol. The van der Waals surface area contributed by atoms with Crippen LogP contribution in [0.2, 0.25) is 0 Å². The number of aromatic nitrogens is 1. The second-order valence-electron chi connectivity index (χ2n) is 4.99. The molecule has 0 fully saturated rings. The Morgan fingerprint density at radius 1 is 1.37 bits per heavy atom. The number of fused-ring (bicyclic) bond motifs is 1. The largest absolute Gasteiger partial charge is 0.481 e. The second-order valence-corrected chi connectivity index (χ2v) is 5.91. The molecule has 5 heteroatoms. The molecule has 0 aliphatic carbocycles. The highest BCUT2D eigenvalue weighted by Gasteiger charge is 2.28. The highest BCUT2D eigenvalue weighted by molar-refractivity contribution is 9.10. The van der Waals surface area contributed by atoms with Gasteiger partial charge in [0, 0.05) is 22.1 Å². The van der Waals surface area contributed by atoms with E-state index in [-0.39, 0.29) is 6.61 Å². The van der Waals surface area contributed by atoms with Gasteiger partial charge in [0.25, 0.3) is 0 Å². The zero-order chi connectivity index (χ0) is 14.0. The Labute approximate surface area is 119 Å². The Kier molecular flexibility index (Phi) is 3.75. The molecule has 2 rings (SSSR count).